The first-order valence-electron chi connectivity index (χ1n) is 44.2. The molecule has 0 aliphatic carbocycles. The van der Waals surface area contributed by atoms with Gasteiger partial charge in [-0.3, -0.25) is 9.97 Å². The highest BCUT2D eigenvalue weighted by atomic mass is 16.6. The van der Waals surface area contributed by atoms with E-state index in [4.69, 9.17) is 77.3 Å². The Morgan fingerprint density at radius 1 is 0.248 bits per heavy atom. The van der Waals surface area contributed by atoms with Gasteiger partial charge in [-0.25, -0.2) is 0 Å². The number of pyridine rings is 2. The van der Waals surface area contributed by atoms with Gasteiger partial charge in [0.1, 0.15) is 0 Å². The van der Waals surface area contributed by atoms with Gasteiger partial charge in [0.2, 0.25) is 0 Å². The van der Waals surface area contributed by atoms with Crippen molar-refractivity contribution in [2.45, 2.75) is 124 Å². The number of hydrogen-bond acceptors (Lipinski definition) is 18. The number of aliphatic hydroxyl groups is 4. The van der Waals surface area contributed by atoms with E-state index in [9.17, 15) is 0 Å². The lowest BCUT2D eigenvalue weighted by Gasteiger charge is -2.19. The number of aliphatic hydroxyl groups excluding tert-OH is 4. The fourth-order valence-corrected chi connectivity index (χ4v) is 14.6. The molecule has 2 aromatic heterocycles. The molecule has 2 heterocycles. The minimum absolute atomic E-state index is 0.0346. The zero-order chi connectivity index (χ0) is 89.9. The van der Waals surface area contributed by atoms with Crippen molar-refractivity contribution in [2.75, 3.05) is 165 Å². The van der Waals surface area contributed by atoms with Crippen molar-refractivity contribution >= 4 is 64.9 Å². The number of fused-ring (bicyclic) bond motifs is 8. The first kappa shape index (κ1) is 103. The standard InChI is InChI=1S/C28H22.C24H29NO4.C24H30O4.C19H27NO4.C8H18O4.2C2H6/c1-19-13-15-23-24-16-14-20(2)18-26(24)28(22-11-7-4-8-12-22)27(25(23)17-19)21-9-5-3-6-10-21;1-18-14-21(17-29-13-12-28-11-10-27-9-8-26)24-22(15-18)25-16-19(2)23(24)20-6-4-3-5-7-20;1-17-4-6-20-21-7-5-18(2)15-23(21)24(19(3)22(20)14-17)16-28-13-12-27-11-10-26-9-8-25;1-14-10-17(13-24-9-8-23-7-6-22-5-4-21)19-16(3)15(2)12-20-18(19)11-14;1-2-10-5-6-12-8-7-11-4-3-9;2*1-2/h3-18H,1-2H3;3-7,14-16,26H,8-13,17H2,1-2H3;4-7,14-15,25H,8-13,16H2,1-3H3;10-12,21H,4-9,13H2,1-3H3;9H,2-8H2,1H3;2*1-2H3. The van der Waals surface area contributed by atoms with Crippen LogP contribution < -0.4 is 0 Å². The maximum Gasteiger partial charge on any atom is 0.0726 e. The molecule has 0 unspecified atom stereocenters. The van der Waals surface area contributed by atoms with Crippen LogP contribution in [0.5, 0.6) is 0 Å². The van der Waals surface area contributed by atoms with Crippen LogP contribution in [0.4, 0.5) is 0 Å². The molecule has 0 amide bonds. The average molecular weight is 1710 g/mol. The van der Waals surface area contributed by atoms with Gasteiger partial charge < -0.3 is 77.3 Å². The molecule has 0 bridgehead atoms. The van der Waals surface area contributed by atoms with Crippen molar-refractivity contribution in [3.05, 3.63) is 273 Å². The first-order chi connectivity index (χ1) is 61.1. The average Bonchev–Trinajstić information content (AvgIpc) is 0.735. The molecule has 125 heavy (non-hydrogen) atoms. The summed E-state index contributed by atoms with van der Waals surface area (Å²) in [6.07, 6.45) is 3.87. The molecule has 672 valence electrons. The van der Waals surface area contributed by atoms with E-state index < -0.39 is 0 Å². The van der Waals surface area contributed by atoms with Crippen molar-refractivity contribution in [3.8, 4) is 33.4 Å². The molecule has 0 saturated heterocycles. The molecule has 0 radical (unpaired) electrons. The Labute approximate surface area is 743 Å². The largest absolute Gasteiger partial charge is 0.394 e. The normalized spacial score (nSPS) is 11.0. The van der Waals surface area contributed by atoms with Crippen molar-refractivity contribution in [1.82, 2.24) is 9.97 Å². The van der Waals surface area contributed by atoms with Gasteiger partial charge in [0, 0.05) is 29.8 Å². The predicted molar refractivity (Wildman–Crippen MR) is 513 cm³/mol. The summed E-state index contributed by atoms with van der Waals surface area (Å²) in [6.45, 7) is 43.7. The third-order valence-electron chi connectivity index (χ3n) is 20.4. The molecule has 13 rings (SSSR count). The number of benzene rings is 11. The number of aryl methyl sites for hydroxylation is 10. The number of nitrogens with zero attached hydrogens (tertiary/aromatic N) is 2. The zero-order valence-corrected chi connectivity index (χ0v) is 76.9. The minimum atomic E-state index is 0.0346. The summed E-state index contributed by atoms with van der Waals surface area (Å²) in [5.74, 6) is 0. The smallest absolute Gasteiger partial charge is 0.0726 e. The summed E-state index contributed by atoms with van der Waals surface area (Å²) in [5.41, 5.74) is 25.5. The van der Waals surface area contributed by atoms with Crippen LogP contribution in [-0.2, 0) is 76.7 Å². The van der Waals surface area contributed by atoms with Gasteiger partial charge in [0.05, 0.1) is 189 Å². The lowest BCUT2D eigenvalue weighted by atomic mass is 9.84. The van der Waals surface area contributed by atoms with E-state index in [1.54, 1.807) is 0 Å². The molecule has 18 heteroatoms. The lowest BCUT2D eigenvalue weighted by molar-refractivity contribution is 0.00461. The van der Waals surface area contributed by atoms with E-state index in [1.165, 1.54) is 143 Å². The van der Waals surface area contributed by atoms with Gasteiger partial charge in [-0.05, 0) is 215 Å². The first-order valence-corrected chi connectivity index (χ1v) is 44.2. The molecule has 0 aliphatic heterocycles. The number of aromatic nitrogens is 2. The van der Waals surface area contributed by atoms with Crippen LogP contribution in [0, 0.1) is 69.2 Å². The molecule has 11 aromatic carbocycles. The van der Waals surface area contributed by atoms with Gasteiger partial charge in [0.15, 0.2) is 0 Å². The van der Waals surface area contributed by atoms with Crippen molar-refractivity contribution in [3.63, 3.8) is 0 Å². The Bertz CT molecular complexity index is 5150. The molecular weight excluding hydrogens is 1570 g/mol. The van der Waals surface area contributed by atoms with E-state index in [1.807, 2.05) is 53.1 Å². The van der Waals surface area contributed by atoms with Gasteiger partial charge >= 0.3 is 0 Å². The van der Waals surface area contributed by atoms with Crippen LogP contribution in [0.15, 0.2) is 200 Å². The van der Waals surface area contributed by atoms with E-state index in [2.05, 4.69) is 261 Å². The third-order valence-corrected chi connectivity index (χ3v) is 20.4. The van der Waals surface area contributed by atoms with E-state index in [0.717, 1.165) is 34.2 Å². The van der Waals surface area contributed by atoms with Crippen LogP contribution in [0.3, 0.4) is 0 Å². The maximum absolute atomic E-state index is 8.66. The van der Waals surface area contributed by atoms with Crippen LogP contribution in [0.1, 0.15) is 107 Å². The highest BCUT2D eigenvalue weighted by molar-refractivity contribution is 6.22. The quantitative estimate of drug-likeness (QED) is 0.0207. The topological polar surface area (TPSA) is 217 Å². The second-order valence-corrected chi connectivity index (χ2v) is 29.8. The van der Waals surface area contributed by atoms with E-state index in [-0.39, 0.29) is 26.4 Å². The molecule has 0 aliphatic rings. The summed E-state index contributed by atoms with van der Waals surface area (Å²) >= 11 is 0. The molecule has 0 fully saturated rings. The highest BCUT2D eigenvalue weighted by Crippen LogP contribution is 2.45. The summed E-state index contributed by atoms with van der Waals surface area (Å²) in [5, 5.41) is 47.0. The fraction of sp³-hybridized carbons (Fsp3) is 0.402. The summed E-state index contributed by atoms with van der Waals surface area (Å²) in [6, 6.07) is 67.6. The van der Waals surface area contributed by atoms with Gasteiger partial charge in [-0.2, -0.15) is 0 Å². The van der Waals surface area contributed by atoms with Gasteiger partial charge in [-0.1, -0.05) is 226 Å². The molecule has 13 aromatic rings. The van der Waals surface area contributed by atoms with Crippen LogP contribution in [0.2, 0.25) is 0 Å². The highest BCUT2D eigenvalue weighted by Gasteiger charge is 2.20. The monoisotopic (exact) mass is 1710 g/mol. The van der Waals surface area contributed by atoms with Crippen LogP contribution in [-0.4, -0.2) is 196 Å². The Morgan fingerprint density at radius 2 is 0.544 bits per heavy atom. The molecule has 0 spiro atoms. The minimum Gasteiger partial charge on any atom is -0.394 e. The molecule has 0 atom stereocenters. The molecular formula is C107H138N2O16. The fourth-order valence-electron chi connectivity index (χ4n) is 14.6. The van der Waals surface area contributed by atoms with Gasteiger partial charge in [-0.15, -0.1) is 0 Å². The predicted octanol–water partition coefficient (Wildman–Crippen LogP) is 21.3. The summed E-state index contributed by atoms with van der Waals surface area (Å²) in [7, 11) is 0. The number of ether oxygens (including phenoxy) is 12. The van der Waals surface area contributed by atoms with Crippen molar-refractivity contribution in [2.24, 2.45) is 0 Å². The van der Waals surface area contributed by atoms with Crippen LogP contribution >= 0.6 is 0 Å². The number of hydrogen-bond donors (Lipinski definition) is 4. The second kappa shape index (κ2) is 58.8. The zero-order valence-electron chi connectivity index (χ0n) is 76.9. The summed E-state index contributed by atoms with van der Waals surface area (Å²) < 4.78 is 64.7. The third kappa shape index (κ3) is 32.8. The van der Waals surface area contributed by atoms with Gasteiger partial charge in [0.25, 0.3) is 0 Å². The Kier molecular flexibility index (Phi) is 48.3. The Morgan fingerprint density at radius 3 is 0.920 bits per heavy atom. The summed E-state index contributed by atoms with van der Waals surface area (Å²) in [4.78, 5) is 9.21. The van der Waals surface area contributed by atoms with E-state index in [0.29, 0.717) is 152 Å². The van der Waals surface area contributed by atoms with Crippen molar-refractivity contribution < 1.29 is 77.3 Å². The SMILES string of the molecule is CC.CC.CCOCCOCCOCCO.Cc1cc(COCCOCCOCCO)c2c(-c3ccccc3)c(C)cnc2c1.Cc1cc(COCCOCCOCCO)c2c(C)c(C)cnc2c1.Cc1ccc2c(c1)c(-c1ccccc1)c(-c1ccccc1)c1cc(C)ccc12.Cc1ccc2c(c1)c(C)c(COCCOCCOCCO)c1cc(C)ccc12. The lowest BCUT2D eigenvalue weighted by Crippen LogP contribution is -2.11. The Balaban J connectivity index is 0.000000217. The molecule has 0 saturated carbocycles. The molecule has 4 N–H and O–H groups in total. The Hall–Kier alpha value is -9.36. The molecule has 18 nitrogen and oxygen atoms in total. The van der Waals surface area contributed by atoms with Crippen molar-refractivity contribution in [1.29, 1.82) is 0 Å². The maximum atomic E-state index is 8.66. The number of rotatable bonds is 42. The van der Waals surface area contributed by atoms with Crippen LogP contribution in [0.25, 0.3) is 98.3 Å². The second-order valence-electron chi connectivity index (χ2n) is 29.8. The van der Waals surface area contributed by atoms with E-state index >= 15 is 0 Å².